The number of fused-ring (bicyclic) bond motifs is 2. The lowest BCUT2D eigenvalue weighted by Gasteiger charge is -2.11. The molecule has 0 spiro atoms. The number of nitrogens with one attached hydrogen (secondary N) is 1. The number of anilines is 1. The van der Waals surface area contributed by atoms with Crippen molar-refractivity contribution in [1.82, 2.24) is 4.98 Å². The molecule has 0 radical (unpaired) electrons. The Labute approximate surface area is 201 Å². The highest BCUT2D eigenvalue weighted by atomic mass is 32.1. The van der Waals surface area contributed by atoms with Crippen molar-refractivity contribution >= 4 is 49.1 Å². The van der Waals surface area contributed by atoms with E-state index in [4.69, 9.17) is 9.15 Å². The van der Waals surface area contributed by atoms with Crippen molar-refractivity contribution in [3.8, 4) is 16.9 Å². The van der Waals surface area contributed by atoms with Crippen LogP contribution in [0.1, 0.15) is 25.0 Å². The topological polar surface area (TPSA) is 64.4 Å². The molecule has 5 rings (SSSR count). The van der Waals surface area contributed by atoms with Gasteiger partial charge >= 0.3 is 0 Å². The van der Waals surface area contributed by atoms with Crippen molar-refractivity contribution in [1.29, 1.82) is 0 Å². The summed E-state index contributed by atoms with van der Waals surface area (Å²) >= 11 is 1.47. The molecule has 6 heteroatoms. The average molecular weight is 469 g/mol. The van der Waals surface area contributed by atoms with Crippen LogP contribution in [0.5, 0.6) is 5.75 Å². The summed E-state index contributed by atoms with van der Waals surface area (Å²) in [6, 6.07) is 20.0. The third-order valence-electron chi connectivity index (χ3n) is 5.68. The van der Waals surface area contributed by atoms with Gasteiger partial charge in [-0.15, -0.1) is 0 Å². The second-order valence-electron chi connectivity index (χ2n) is 8.05. The van der Waals surface area contributed by atoms with Crippen molar-refractivity contribution in [3.63, 3.8) is 0 Å². The molecule has 170 valence electrons. The normalized spacial score (nSPS) is 11.8. The molecule has 34 heavy (non-hydrogen) atoms. The summed E-state index contributed by atoms with van der Waals surface area (Å²) in [5, 5.41) is 4.47. The Balaban J connectivity index is 1.49. The van der Waals surface area contributed by atoms with Gasteiger partial charge in [0.25, 0.3) is 0 Å². The van der Waals surface area contributed by atoms with E-state index in [-0.39, 0.29) is 5.91 Å². The van der Waals surface area contributed by atoms with Gasteiger partial charge in [-0.2, -0.15) is 0 Å². The van der Waals surface area contributed by atoms with Crippen molar-refractivity contribution in [2.24, 2.45) is 0 Å². The molecule has 0 saturated heterocycles. The second-order valence-corrected chi connectivity index (χ2v) is 9.08. The highest BCUT2D eigenvalue weighted by Gasteiger charge is 2.16. The Kier molecular flexibility index (Phi) is 5.90. The van der Waals surface area contributed by atoms with Gasteiger partial charge < -0.3 is 9.15 Å². The van der Waals surface area contributed by atoms with Gasteiger partial charge in [-0.25, -0.2) is 4.98 Å². The Morgan fingerprint density at radius 1 is 1.15 bits per heavy atom. The zero-order chi connectivity index (χ0) is 23.7. The molecule has 0 unspecified atom stereocenters. The zero-order valence-electron chi connectivity index (χ0n) is 19.2. The van der Waals surface area contributed by atoms with Crippen LogP contribution in [-0.2, 0) is 4.79 Å². The predicted octanol–water partition coefficient (Wildman–Crippen LogP) is 7.46. The van der Waals surface area contributed by atoms with Crippen LogP contribution in [-0.4, -0.2) is 17.5 Å². The third kappa shape index (κ3) is 4.20. The van der Waals surface area contributed by atoms with Crippen LogP contribution >= 0.6 is 11.3 Å². The quantitative estimate of drug-likeness (QED) is 0.263. The summed E-state index contributed by atoms with van der Waals surface area (Å²) in [5.74, 6) is 0.452. The number of carbonyl (C=O) groups excluding carboxylic acids is 1. The van der Waals surface area contributed by atoms with Gasteiger partial charge in [0, 0.05) is 28.7 Å². The number of ether oxygens (including phenoxy) is 1. The van der Waals surface area contributed by atoms with Gasteiger partial charge in [0.15, 0.2) is 5.13 Å². The lowest BCUT2D eigenvalue weighted by Crippen LogP contribution is -2.08. The number of para-hydroxylation sites is 1. The number of nitrogens with zero attached hydrogens (tertiary/aromatic N) is 1. The Hall–Kier alpha value is -3.90. The number of furan rings is 1. The number of thiazole rings is 1. The maximum Gasteiger partial charge on any atom is 0.250 e. The molecule has 2 aromatic heterocycles. The highest BCUT2D eigenvalue weighted by molar-refractivity contribution is 7.22. The summed E-state index contributed by atoms with van der Waals surface area (Å²) in [4.78, 5) is 17.4. The van der Waals surface area contributed by atoms with E-state index in [1.165, 1.54) is 11.3 Å². The van der Waals surface area contributed by atoms with Gasteiger partial charge in [0.1, 0.15) is 11.3 Å². The second kappa shape index (κ2) is 9.15. The maximum atomic E-state index is 12.8. The molecule has 0 aliphatic heterocycles. The maximum absolute atomic E-state index is 12.8. The lowest BCUT2D eigenvalue weighted by molar-refractivity contribution is -0.111. The van der Waals surface area contributed by atoms with E-state index in [1.54, 1.807) is 12.3 Å². The number of rotatable bonds is 6. The van der Waals surface area contributed by atoms with Crippen molar-refractivity contribution < 1.29 is 13.9 Å². The molecule has 0 aliphatic carbocycles. The van der Waals surface area contributed by atoms with E-state index in [9.17, 15) is 4.79 Å². The fourth-order valence-corrected chi connectivity index (χ4v) is 4.98. The van der Waals surface area contributed by atoms with E-state index in [2.05, 4.69) is 22.4 Å². The molecule has 0 fully saturated rings. The first kappa shape index (κ1) is 21.9. The summed E-state index contributed by atoms with van der Waals surface area (Å²) < 4.78 is 12.8. The standard InChI is InChI=1S/C28H24N2O3S/c1-4-32-23-15-24-21(22(16-33-24)19-10-6-5-7-11-19)14-20(23)18(3)13-26(31)29-28-30-27-17(2)9-8-12-25(27)34-28/h5-16H,4H2,1-3H3,(H,29,30,31)/b18-13+. The van der Waals surface area contributed by atoms with E-state index in [0.29, 0.717) is 17.5 Å². The number of carbonyl (C=O) groups is 1. The summed E-state index contributed by atoms with van der Waals surface area (Å²) in [6.45, 7) is 6.37. The molecule has 0 saturated carbocycles. The van der Waals surface area contributed by atoms with Crippen LogP contribution < -0.4 is 10.1 Å². The first-order valence-corrected chi connectivity index (χ1v) is 11.9. The molecular weight excluding hydrogens is 444 g/mol. The van der Waals surface area contributed by atoms with Crippen LogP contribution in [0.4, 0.5) is 5.13 Å². The zero-order valence-corrected chi connectivity index (χ0v) is 20.0. The van der Waals surface area contributed by atoms with E-state index in [0.717, 1.165) is 49.0 Å². The number of benzene rings is 3. The molecule has 0 aliphatic rings. The molecule has 0 atom stereocenters. The molecule has 1 amide bonds. The van der Waals surface area contributed by atoms with Gasteiger partial charge in [-0.1, -0.05) is 53.8 Å². The first-order valence-electron chi connectivity index (χ1n) is 11.1. The molecule has 2 heterocycles. The van der Waals surface area contributed by atoms with Crippen LogP contribution in [0.25, 0.3) is 37.9 Å². The minimum absolute atomic E-state index is 0.229. The fraction of sp³-hybridized carbons (Fsp3) is 0.143. The smallest absolute Gasteiger partial charge is 0.250 e. The van der Waals surface area contributed by atoms with Gasteiger partial charge in [0.05, 0.1) is 23.1 Å². The molecule has 0 bridgehead atoms. The Bertz CT molecular complexity index is 1530. The van der Waals surface area contributed by atoms with E-state index in [1.807, 2.05) is 69.3 Å². The molecule has 5 aromatic rings. The number of amides is 1. The highest BCUT2D eigenvalue weighted by Crippen LogP contribution is 2.37. The van der Waals surface area contributed by atoms with Gasteiger partial charge in [-0.05, 0) is 49.6 Å². The lowest BCUT2D eigenvalue weighted by atomic mass is 9.99. The predicted molar refractivity (Wildman–Crippen MR) is 139 cm³/mol. The van der Waals surface area contributed by atoms with Crippen LogP contribution in [0, 0.1) is 6.92 Å². The number of allylic oxidation sites excluding steroid dienone is 1. The molecule has 1 N–H and O–H groups in total. The van der Waals surface area contributed by atoms with Gasteiger partial charge in [-0.3, -0.25) is 10.1 Å². The molecule has 5 nitrogen and oxygen atoms in total. The average Bonchev–Trinajstić information content (AvgIpc) is 3.43. The third-order valence-corrected chi connectivity index (χ3v) is 6.62. The SMILES string of the molecule is CCOc1cc2occ(-c3ccccc3)c2cc1/C(C)=C/C(=O)Nc1nc2c(C)cccc2s1. The monoisotopic (exact) mass is 468 g/mol. The van der Waals surface area contributed by atoms with Crippen LogP contribution in [0.3, 0.4) is 0 Å². The number of hydrogen-bond donors (Lipinski definition) is 1. The number of aryl methyl sites for hydroxylation is 1. The van der Waals surface area contributed by atoms with E-state index < -0.39 is 0 Å². The Morgan fingerprint density at radius 3 is 2.74 bits per heavy atom. The number of hydrogen-bond acceptors (Lipinski definition) is 5. The summed E-state index contributed by atoms with van der Waals surface area (Å²) in [5.41, 5.74) is 6.46. The molecule has 3 aromatic carbocycles. The number of aromatic nitrogens is 1. The van der Waals surface area contributed by atoms with Crippen molar-refractivity contribution in [2.45, 2.75) is 20.8 Å². The van der Waals surface area contributed by atoms with E-state index >= 15 is 0 Å². The summed E-state index contributed by atoms with van der Waals surface area (Å²) in [7, 11) is 0. The van der Waals surface area contributed by atoms with Crippen LogP contribution in [0.2, 0.25) is 0 Å². The van der Waals surface area contributed by atoms with Crippen molar-refractivity contribution in [2.75, 3.05) is 11.9 Å². The molecular formula is C28H24N2O3S. The minimum Gasteiger partial charge on any atom is -0.493 e. The van der Waals surface area contributed by atoms with Crippen molar-refractivity contribution in [3.05, 3.63) is 84.1 Å². The largest absolute Gasteiger partial charge is 0.493 e. The first-order chi connectivity index (χ1) is 16.5. The minimum atomic E-state index is -0.229. The van der Waals surface area contributed by atoms with Crippen LogP contribution in [0.15, 0.2) is 77.4 Å². The fourth-order valence-electron chi connectivity index (χ4n) is 4.03. The summed E-state index contributed by atoms with van der Waals surface area (Å²) in [6.07, 6.45) is 3.35. The van der Waals surface area contributed by atoms with Gasteiger partial charge in [0.2, 0.25) is 5.91 Å². The Morgan fingerprint density at radius 2 is 1.97 bits per heavy atom.